The topological polar surface area (TPSA) is 79.4 Å². The first-order valence-corrected chi connectivity index (χ1v) is 9.04. The molecule has 0 aromatic heterocycles. The fourth-order valence-corrected chi connectivity index (χ4v) is 3.63. The number of hydrogen-bond donors (Lipinski definition) is 3. The Morgan fingerprint density at radius 3 is 3.00 bits per heavy atom. The highest BCUT2D eigenvalue weighted by Gasteiger charge is 2.50. The Kier molecular flexibility index (Phi) is 3.63. The monoisotopic (exact) mass is 379 g/mol. The summed E-state index contributed by atoms with van der Waals surface area (Å²) < 4.78 is 11.0. The van der Waals surface area contributed by atoms with Gasteiger partial charge in [-0.3, -0.25) is 4.90 Å². The van der Waals surface area contributed by atoms with Gasteiger partial charge in [-0.25, -0.2) is 15.3 Å². The van der Waals surface area contributed by atoms with Gasteiger partial charge in [-0.1, -0.05) is 6.07 Å². The lowest BCUT2D eigenvalue weighted by Crippen LogP contribution is -2.51. The minimum absolute atomic E-state index is 0.472. The van der Waals surface area contributed by atoms with E-state index in [9.17, 15) is 0 Å². The summed E-state index contributed by atoms with van der Waals surface area (Å²) in [5, 5.41) is 6.67. The van der Waals surface area contributed by atoms with Crippen molar-refractivity contribution in [2.45, 2.75) is 19.8 Å². The molecule has 28 heavy (non-hydrogen) atoms. The van der Waals surface area contributed by atoms with Crippen LogP contribution in [0.4, 0.5) is 17.1 Å². The lowest BCUT2D eigenvalue weighted by atomic mass is 10.1. The molecular formula is C20H21N5O3. The third-order valence-corrected chi connectivity index (χ3v) is 5.14. The van der Waals surface area contributed by atoms with Crippen LogP contribution in [0.1, 0.15) is 12.5 Å². The van der Waals surface area contributed by atoms with E-state index < -0.39 is 5.97 Å². The number of ether oxygens (including phenoxy) is 2. The van der Waals surface area contributed by atoms with Crippen LogP contribution in [0.2, 0.25) is 0 Å². The average molecular weight is 379 g/mol. The molecule has 5 rings (SSSR count). The lowest BCUT2D eigenvalue weighted by molar-refractivity contribution is -0.0214. The molecule has 0 amide bonds. The van der Waals surface area contributed by atoms with Gasteiger partial charge in [-0.2, -0.15) is 0 Å². The van der Waals surface area contributed by atoms with Gasteiger partial charge in [0.15, 0.2) is 6.73 Å². The number of allylic oxidation sites excluding steroid dienone is 1. The Labute approximate surface area is 162 Å². The molecular weight excluding hydrogens is 358 g/mol. The summed E-state index contributed by atoms with van der Waals surface area (Å²) >= 11 is 0. The van der Waals surface area contributed by atoms with E-state index in [1.54, 1.807) is 7.11 Å². The maximum Gasteiger partial charge on any atom is 0.351 e. The van der Waals surface area contributed by atoms with E-state index in [0.717, 1.165) is 45.5 Å². The number of methoxy groups -OCH3 is 1. The van der Waals surface area contributed by atoms with Crippen molar-refractivity contribution in [1.29, 1.82) is 0 Å². The Balaban J connectivity index is 1.58. The standard InChI is InChI=1S/C20H21N5O3/c1-12-10-22-20(23-15-5-4-6-17(26-3)13(15)2)25(19(12)24-28-20)14-7-8-18-16(9-14)21-11-27-18/h4-10,21,23-24H,11H2,1-3H3. The molecule has 3 aliphatic rings. The van der Waals surface area contributed by atoms with Crippen molar-refractivity contribution in [3.63, 3.8) is 0 Å². The van der Waals surface area contributed by atoms with Crippen LogP contribution in [-0.4, -0.2) is 26.0 Å². The fourth-order valence-electron chi connectivity index (χ4n) is 3.63. The van der Waals surface area contributed by atoms with Crippen molar-refractivity contribution in [2.24, 2.45) is 4.99 Å². The first-order chi connectivity index (χ1) is 13.6. The van der Waals surface area contributed by atoms with Crippen LogP contribution < -0.4 is 30.5 Å². The maximum atomic E-state index is 5.97. The van der Waals surface area contributed by atoms with E-state index in [1.807, 2.05) is 61.4 Å². The predicted molar refractivity (Wildman–Crippen MR) is 108 cm³/mol. The number of aliphatic imine (C=N–C) groups is 1. The summed E-state index contributed by atoms with van der Waals surface area (Å²) in [6.07, 6.45) is 1.81. The predicted octanol–water partition coefficient (Wildman–Crippen LogP) is 3.15. The molecule has 1 atom stereocenters. The zero-order valence-corrected chi connectivity index (χ0v) is 15.9. The van der Waals surface area contributed by atoms with E-state index in [-0.39, 0.29) is 0 Å². The summed E-state index contributed by atoms with van der Waals surface area (Å²) in [6.45, 7) is 4.46. The van der Waals surface area contributed by atoms with Crippen LogP contribution in [-0.2, 0) is 4.84 Å². The van der Waals surface area contributed by atoms with Gasteiger partial charge in [0.1, 0.15) is 17.3 Å². The van der Waals surface area contributed by atoms with Crippen LogP contribution in [0.5, 0.6) is 11.5 Å². The molecule has 8 heteroatoms. The molecule has 0 radical (unpaired) electrons. The summed E-state index contributed by atoms with van der Waals surface area (Å²) in [6, 6.07) is 11.8. The Bertz CT molecular complexity index is 1020. The normalized spacial score (nSPS) is 21.8. The van der Waals surface area contributed by atoms with Crippen molar-refractivity contribution in [1.82, 2.24) is 5.48 Å². The van der Waals surface area contributed by atoms with E-state index in [2.05, 4.69) is 16.1 Å². The van der Waals surface area contributed by atoms with Crippen molar-refractivity contribution in [3.05, 3.63) is 53.4 Å². The van der Waals surface area contributed by atoms with Gasteiger partial charge >= 0.3 is 5.97 Å². The van der Waals surface area contributed by atoms with Gasteiger partial charge < -0.3 is 20.1 Å². The van der Waals surface area contributed by atoms with Gasteiger partial charge in [-0.05, 0) is 44.2 Å². The first-order valence-electron chi connectivity index (χ1n) is 9.04. The van der Waals surface area contributed by atoms with Gasteiger partial charge in [0.05, 0.1) is 18.5 Å². The van der Waals surface area contributed by atoms with Crippen LogP contribution in [0.15, 0.2) is 52.8 Å². The van der Waals surface area contributed by atoms with Gasteiger partial charge in [0.25, 0.3) is 0 Å². The summed E-state index contributed by atoms with van der Waals surface area (Å²) in [5.74, 6) is 1.31. The van der Waals surface area contributed by atoms with E-state index in [0.29, 0.717) is 6.73 Å². The molecule has 2 aromatic carbocycles. The lowest BCUT2D eigenvalue weighted by Gasteiger charge is -2.36. The zero-order chi connectivity index (χ0) is 19.3. The molecule has 2 bridgehead atoms. The van der Waals surface area contributed by atoms with E-state index >= 15 is 0 Å². The number of rotatable bonds is 4. The van der Waals surface area contributed by atoms with Crippen molar-refractivity contribution < 1.29 is 14.3 Å². The molecule has 8 nitrogen and oxygen atoms in total. The van der Waals surface area contributed by atoms with Crippen LogP contribution in [0.25, 0.3) is 0 Å². The van der Waals surface area contributed by atoms with Crippen molar-refractivity contribution in [3.8, 4) is 11.5 Å². The quantitative estimate of drug-likeness (QED) is 0.753. The third kappa shape index (κ3) is 2.38. The highest BCUT2D eigenvalue weighted by Crippen LogP contribution is 2.42. The molecule has 0 spiro atoms. The second-order valence-corrected chi connectivity index (χ2v) is 6.84. The number of nitrogens with zero attached hydrogens (tertiary/aromatic N) is 2. The molecule has 2 aromatic rings. The number of anilines is 3. The second-order valence-electron chi connectivity index (χ2n) is 6.84. The smallest absolute Gasteiger partial charge is 0.351 e. The highest BCUT2D eigenvalue weighted by atomic mass is 16.7. The molecule has 3 aliphatic heterocycles. The van der Waals surface area contributed by atoms with Crippen LogP contribution in [0.3, 0.4) is 0 Å². The molecule has 3 heterocycles. The minimum atomic E-state index is -1.15. The Morgan fingerprint density at radius 2 is 2.14 bits per heavy atom. The molecule has 1 fully saturated rings. The molecule has 3 N–H and O–H groups in total. The molecule has 1 unspecified atom stereocenters. The fraction of sp³-hybridized carbons (Fsp3) is 0.250. The van der Waals surface area contributed by atoms with Gasteiger partial charge in [0, 0.05) is 23.0 Å². The van der Waals surface area contributed by atoms with Gasteiger partial charge in [0.2, 0.25) is 0 Å². The number of hydrogen-bond acceptors (Lipinski definition) is 8. The SMILES string of the molecule is COc1cccc(NC23N=CC(C)=C(NO2)N3c2ccc3c(c2)NCO3)c1C. The largest absolute Gasteiger partial charge is 0.496 e. The molecule has 144 valence electrons. The molecule has 0 aliphatic carbocycles. The van der Waals surface area contributed by atoms with Crippen molar-refractivity contribution >= 4 is 23.3 Å². The summed E-state index contributed by atoms with van der Waals surface area (Å²) in [4.78, 5) is 12.7. The highest BCUT2D eigenvalue weighted by molar-refractivity contribution is 5.85. The average Bonchev–Trinajstić information content (AvgIpc) is 3.28. The Morgan fingerprint density at radius 1 is 1.25 bits per heavy atom. The number of benzene rings is 2. The van der Waals surface area contributed by atoms with E-state index in [4.69, 9.17) is 19.3 Å². The van der Waals surface area contributed by atoms with E-state index in [1.165, 1.54) is 0 Å². The number of nitrogens with one attached hydrogen (secondary N) is 3. The Hall–Kier alpha value is -3.39. The van der Waals surface area contributed by atoms with Gasteiger partial charge in [-0.15, -0.1) is 0 Å². The molecule has 0 saturated carbocycles. The second kappa shape index (κ2) is 6.07. The van der Waals surface area contributed by atoms with Crippen LogP contribution >= 0.6 is 0 Å². The number of fused-ring (bicyclic) bond motifs is 3. The first kappa shape index (κ1) is 16.8. The molecule has 1 saturated heterocycles. The maximum absolute atomic E-state index is 5.97. The zero-order valence-electron chi connectivity index (χ0n) is 15.9. The van der Waals surface area contributed by atoms with Crippen LogP contribution in [0, 0.1) is 6.92 Å². The third-order valence-electron chi connectivity index (χ3n) is 5.14. The summed E-state index contributed by atoms with van der Waals surface area (Å²) in [5.41, 5.74) is 7.70. The summed E-state index contributed by atoms with van der Waals surface area (Å²) in [7, 11) is 1.66. The number of hydroxylamine groups is 1. The minimum Gasteiger partial charge on any atom is -0.496 e. The van der Waals surface area contributed by atoms with Crippen molar-refractivity contribution in [2.75, 3.05) is 29.4 Å².